The van der Waals surface area contributed by atoms with Crippen molar-refractivity contribution in [3.05, 3.63) is 29.8 Å². The minimum atomic E-state index is -3.10. The number of benzene rings is 1. The quantitative estimate of drug-likeness (QED) is 0.767. The Morgan fingerprint density at radius 3 is 2.29 bits per heavy atom. The molecule has 0 radical (unpaired) electrons. The van der Waals surface area contributed by atoms with Crippen molar-refractivity contribution in [2.24, 2.45) is 0 Å². The van der Waals surface area contributed by atoms with Crippen LogP contribution < -0.4 is 0 Å². The lowest BCUT2D eigenvalue weighted by atomic mass is 10.2. The normalized spacial score (nSPS) is 11.6. The molecule has 1 aromatic rings. The van der Waals surface area contributed by atoms with Gasteiger partial charge in [0.25, 0.3) is 0 Å². The summed E-state index contributed by atoms with van der Waals surface area (Å²) in [5.41, 5.74) is 1.07. The molecule has 0 amide bonds. The van der Waals surface area contributed by atoms with Gasteiger partial charge in [0, 0.05) is 0 Å². The van der Waals surface area contributed by atoms with Crippen molar-refractivity contribution in [2.45, 2.75) is 11.8 Å². The molecule has 0 N–H and O–H groups in total. The Morgan fingerprint density at radius 2 is 1.79 bits per heavy atom. The van der Waals surface area contributed by atoms with E-state index in [2.05, 4.69) is 0 Å². The van der Waals surface area contributed by atoms with Gasteiger partial charge in [0.15, 0.2) is 9.84 Å². The Hall–Kier alpha value is -0.130. The molecular weight excluding hydrogens is 236 g/mol. The van der Waals surface area contributed by atoms with Gasteiger partial charge in [0.2, 0.25) is 0 Å². The molecule has 14 heavy (non-hydrogen) atoms. The zero-order valence-corrected chi connectivity index (χ0v) is 10.5. The van der Waals surface area contributed by atoms with Crippen LogP contribution in [0.3, 0.4) is 0 Å². The highest BCUT2D eigenvalue weighted by Gasteiger charge is 2.13. The molecule has 0 spiro atoms. The second-order valence-corrected chi connectivity index (χ2v) is 7.75. The highest BCUT2D eigenvalue weighted by Crippen LogP contribution is 2.23. The maximum atomic E-state index is 11.7. The Morgan fingerprint density at radius 1 is 1.21 bits per heavy atom. The van der Waals surface area contributed by atoms with Crippen LogP contribution >= 0.6 is 21.6 Å². The molecule has 2 nitrogen and oxygen atoms in total. The van der Waals surface area contributed by atoms with Gasteiger partial charge >= 0.3 is 0 Å². The lowest BCUT2D eigenvalue weighted by molar-refractivity contribution is 0.601. The number of hydrogen-bond acceptors (Lipinski definition) is 4. The van der Waals surface area contributed by atoms with Crippen LogP contribution in [0.4, 0.5) is 0 Å². The van der Waals surface area contributed by atoms with Crippen LogP contribution in [-0.4, -0.2) is 19.8 Å². The fourth-order valence-electron chi connectivity index (χ4n) is 0.925. The predicted octanol–water partition coefficient (Wildman–Crippen LogP) is 2.74. The van der Waals surface area contributed by atoms with Crippen LogP contribution in [0.1, 0.15) is 5.56 Å². The highest BCUT2D eigenvalue weighted by atomic mass is 33.1. The fraction of sp³-hybridized carbons (Fsp3) is 0.333. The zero-order chi connectivity index (χ0) is 10.6. The lowest BCUT2D eigenvalue weighted by Crippen LogP contribution is -2.02. The Kier molecular flexibility index (Phi) is 4.34. The van der Waals surface area contributed by atoms with Crippen LogP contribution in [-0.2, 0) is 9.84 Å². The van der Waals surface area contributed by atoms with Gasteiger partial charge < -0.3 is 0 Å². The van der Waals surface area contributed by atoms with E-state index in [0.717, 1.165) is 5.56 Å². The minimum Gasteiger partial charge on any atom is -0.223 e. The molecular formula is C9H12O2S3. The second kappa shape index (κ2) is 5.09. The van der Waals surface area contributed by atoms with Crippen molar-refractivity contribution in [3.63, 3.8) is 0 Å². The van der Waals surface area contributed by atoms with Gasteiger partial charge in [0.05, 0.1) is 4.90 Å². The predicted molar refractivity (Wildman–Crippen MR) is 64.3 cm³/mol. The third-order valence-corrected chi connectivity index (χ3v) is 6.13. The van der Waals surface area contributed by atoms with Crippen LogP contribution in [0.25, 0.3) is 0 Å². The summed E-state index contributed by atoms with van der Waals surface area (Å²) in [7, 11) is -0.290. The first kappa shape index (κ1) is 11.9. The fourth-order valence-corrected chi connectivity index (χ4v) is 4.92. The Bertz CT molecular complexity index is 381. The topological polar surface area (TPSA) is 34.1 Å². The van der Waals surface area contributed by atoms with Crippen molar-refractivity contribution >= 4 is 31.4 Å². The standard InChI is InChI=1S/C9H12O2S3/c1-8-3-5-9(6-4-8)14(10,11)7-13-12-2/h3-6H,7H2,1-2H3. The Labute approximate surface area is 92.8 Å². The average Bonchev–Trinajstić information content (AvgIpc) is 2.16. The molecule has 5 heteroatoms. The SMILES string of the molecule is CSSCS(=O)(=O)c1ccc(C)cc1. The molecule has 1 rings (SSSR count). The first-order chi connectivity index (χ1) is 6.56. The van der Waals surface area contributed by atoms with Gasteiger partial charge in [-0.3, -0.25) is 0 Å². The summed E-state index contributed by atoms with van der Waals surface area (Å²) in [4.78, 5) is 0.407. The molecule has 0 heterocycles. The number of hydrogen-bond donors (Lipinski definition) is 0. The molecule has 0 aromatic heterocycles. The van der Waals surface area contributed by atoms with E-state index >= 15 is 0 Å². The van der Waals surface area contributed by atoms with Gasteiger partial charge in [0.1, 0.15) is 5.08 Å². The van der Waals surface area contributed by atoms with Gasteiger partial charge in [-0.15, -0.1) is 0 Å². The highest BCUT2D eigenvalue weighted by molar-refractivity contribution is 8.77. The minimum absolute atomic E-state index is 0.136. The van der Waals surface area contributed by atoms with E-state index in [1.807, 2.05) is 25.3 Å². The van der Waals surface area contributed by atoms with Gasteiger partial charge in [-0.25, -0.2) is 8.42 Å². The first-order valence-electron chi connectivity index (χ1n) is 4.01. The maximum absolute atomic E-state index is 11.7. The number of sulfone groups is 1. The maximum Gasteiger partial charge on any atom is 0.188 e. The van der Waals surface area contributed by atoms with Crippen LogP contribution in [0.2, 0.25) is 0 Å². The van der Waals surface area contributed by atoms with E-state index in [9.17, 15) is 8.42 Å². The average molecular weight is 248 g/mol. The Balaban J connectivity index is 2.87. The summed E-state index contributed by atoms with van der Waals surface area (Å²) in [5, 5.41) is 0.136. The van der Waals surface area contributed by atoms with Gasteiger partial charge in [-0.2, -0.15) is 0 Å². The molecule has 0 aliphatic rings. The molecule has 0 aliphatic carbocycles. The lowest BCUT2D eigenvalue weighted by Gasteiger charge is -2.02. The number of rotatable bonds is 4. The largest absolute Gasteiger partial charge is 0.223 e. The molecule has 0 unspecified atom stereocenters. The van der Waals surface area contributed by atoms with Crippen LogP contribution in [0.5, 0.6) is 0 Å². The monoisotopic (exact) mass is 248 g/mol. The van der Waals surface area contributed by atoms with E-state index in [-0.39, 0.29) is 5.08 Å². The summed E-state index contributed by atoms with van der Waals surface area (Å²) >= 11 is 0. The summed E-state index contributed by atoms with van der Waals surface area (Å²) in [6, 6.07) is 6.95. The van der Waals surface area contributed by atoms with Crippen molar-refractivity contribution in [1.82, 2.24) is 0 Å². The zero-order valence-electron chi connectivity index (χ0n) is 8.06. The third kappa shape index (κ3) is 3.22. The summed E-state index contributed by atoms with van der Waals surface area (Å²) in [6.45, 7) is 1.94. The molecule has 0 saturated heterocycles. The van der Waals surface area contributed by atoms with Crippen molar-refractivity contribution in [2.75, 3.05) is 11.3 Å². The molecule has 0 aliphatic heterocycles. The summed E-state index contributed by atoms with van der Waals surface area (Å²) in [5.74, 6) is 0. The molecule has 0 atom stereocenters. The van der Waals surface area contributed by atoms with Gasteiger partial charge in [-0.05, 0) is 25.3 Å². The van der Waals surface area contributed by atoms with Gasteiger partial charge in [-0.1, -0.05) is 39.3 Å². The molecule has 0 saturated carbocycles. The molecule has 0 fully saturated rings. The van der Waals surface area contributed by atoms with E-state index in [1.54, 1.807) is 12.1 Å². The molecule has 78 valence electrons. The van der Waals surface area contributed by atoms with E-state index in [1.165, 1.54) is 21.6 Å². The molecule has 1 aromatic carbocycles. The second-order valence-electron chi connectivity index (χ2n) is 2.83. The number of aryl methyl sites for hydroxylation is 1. The first-order valence-corrected chi connectivity index (χ1v) is 8.39. The van der Waals surface area contributed by atoms with E-state index in [0.29, 0.717) is 4.90 Å². The third-order valence-electron chi connectivity index (χ3n) is 1.70. The van der Waals surface area contributed by atoms with Crippen molar-refractivity contribution in [3.8, 4) is 0 Å². The van der Waals surface area contributed by atoms with Crippen molar-refractivity contribution in [1.29, 1.82) is 0 Å². The molecule has 0 bridgehead atoms. The van der Waals surface area contributed by atoms with Crippen molar-refractivity contribution < 1.29 is 8.42 Å². The summed E-state index contributed by atoms with van der Waals surface area (Å²) < 4.78 is 23.3. The smallest absolute Gasteiger partial charge is 0.188 e. The van der Waals surface area contributed by atoms with Crippen LogP contribution in [0, 0.1) is 6.92 Å². The van der Waals surface area contributed by atoms with Crippen LogP contribution in [0.15, 0.2) is 29.2 Å². The van der Waals surface area contributed by atoms with E-state index < -0.39 is 9.84 Å². The van der Waals surface area contributed by atoms with E-state index in [4.69, 9.17) is 0 Å². The summed E-state index contributed by atoms with van der Waals surface area (Å²) in [6.07, 6.45) is 1.87.